The van der Waals surface area contributed by atoms with E-state index in [9.17, 15) is 0 Å². The molecule has 0 fully saturated rings. The fourth-order valence-electron chi connectivity index (χ4n) is 1.59. The van der Waals surface area contributed by atoms with Crippen LogP contribution in [0.1, 0.15) is 0 Å². The Bertz CT molecular complexity index is 681. The molecule has 0 saturated carbocycles. The molecule has 2 aromatic rings. The van der Waals surface area contributed by atoms with Crippen molar-refractivity contribution in [2.45, 2.75) is 4.90 Å². The van der Waals surface area contributed by atoms with Gasteiger partial charge in [0.15, 0.2) is 0 Å². The van der Waals surface area contributed by atoms with E-state index in [4.69, 9.17) is 21.5 Å². The van der Waals surface area contributed by atoms with Crippen LogP contribution in [0.3, 0.4) is 0 Å². The summed E-state index contributed by atoms with van der Waals surface area (Å²) >= 11 is 0.761. The van der Waals surface area contributed by atoms with Crippen LogP contribution in [0.4, 0.5) is 22.7 Å². The predicted molar refractivity (Wildman–Crippen MR) is 83.1 cm³/mol. The molecule has 0 atom stereocenters. The number of nitrogens with two attached hydrogens (primary N) is 2. The van der Waals surface area contributed by atoms with E-state index in [0.29, 0.717) is 33.4 Å². The van der Waals surface area contributed by atoms with Crippen LogP contribution in [0, 0.1) is 0 Å². The van der Waals surface area contributed by atoms with Crippen molar-refractivity contribution in [1.29, 1.82) is 0 Å². The van der Waals surface area contributed by atoms with E-state index in [-0.39, 0.29) is 0 Å². The van der Waals surface area contributed by atoms with E-state index in [1.807, 2.05) is 0 Å². The van der Waals surface area contributed by atoms with Gasteiger partial charge in [-0.15, -0.1) is 14.6 Å². The van der Waals surface area contributed by atoms with Gasteiger partial charge in [-0.25, -0.2) is 5.26 Å². The van der Waals surface area contributed by atoms with E-state index in [0.717, 1.165) is 12.0 Å². The number of ether oxygens (including phenoxy) is 1. The quantitative estimate of drug-likeness (QED) is 0.243. The van der Waals surface area contributed by atoms with Crippen molar-refractivity contribution in [2.75, 3.05) is 18.6 Å². The Kier molecular flexibility index (Phi) is 5.55. The molecule has 0 spiro atoms. The zero-order valence-corrected chi connectivity index (χ0v) is 12.4. The minimum Gasteiger partial charge on any atom is -0.497 e. The molecular weight excluding hydrogens is 308 g/mol. The van der Waals surface area contributed by atoms with Crippen molar-refractivity contribution in [1.82, 2.24) is 0 Å². The maximum absolute atomic E-state index is 8.26. The zero-order chi connectivity index (χ0) is 15.9. The molecule has 0 saturated heterocycles. The first-order valence-corrected chi connectivity index (χ1v) is 6.77. The Morgan fingerprint density at radius 2 is 1.77 bits per heavy atom. The summed E-state index contributed by atoms with van der Waals surface area (Å²) in [4.78, 5) is 0.533. The molecule has 0 bridgehead atoms. The third kappa shape index (κ3) is 4.09. The van der Waals surface area contributed by atoms with E-state index in [1.165, 1.54) is 7.11 Å². The lowest BCUT2D eigenvalue weighted by Crippen LogP contribution is -1.89. The van der Waals surface area contributed by atoms with Gasteiger partial charge in [-0.05, 0) is 36.4 Å². The molecule has 0 amide bonds. The lowest BCUT2D eigenvalue weighted by molar-refractivity contribution is -0.432. The Labute approximate surface area is 130 Å². The van der Waals surface area contributed by atoms with Crippen LogP contribution < -0.4 is 16.2 Å². The first-order chi connectivity index (χ1) is 10.6. The second kappa shape index (κ2) is 7.61. The van der Waals surface area contributed by atoms with Crippen LogP contribution in [0.25, 0.3) is 0 Å². The summed E-state index contributed by atoms with van der Waals surface area (Å²) in [5.41, 5.74) is 13.4. The van der Waals surface area contributed by atoms with Crippen molar-refractivity contribution in [2.24, 2.45) is 10.2 Å². The number of hydrogen-bond donors (Lipinski definition) is 3. The highest BCUT2D eigenvalue weighted by Crippen LogP contribution is 2.35. The molecule has 0 heterocycles. The third-order valence-electron chi connectivity index (χ3n) is 2.64. The molecule has 22 heavy (non-hydrogen) atoms. The minimum absolute atomic E-state index is 0.418. The van der Waals surface area contributed by atoms with Gasteiger partial charge in [0.1, 0.15) is 17.1 Å². The number of nitrogen functional groups attached to an aromatic ring is 2. The van der Waals surface area contributed by atoms with Gasteiger partial charge in [0.2, 0.25) is 0 Å². The van der Waals surface area contributed by atoms with Gasteiger partial charge < -0.3 is 16.2 Å². The van der Waals surface area contributed by atoms with Crippen molar-refractivity contribution >= 4 is 34.8 Å². The predicted octanol–water partition coefficient (Wildman–Crippen LogP) is 3.70. The molecule has 0 unspecified atom stereocenters. The molecule has 116 valence electrons. The highest BCUT2D eigenvalue weighted by atomic mass is 32.2. The van der Waals surface area contributed by atoms with Crippen LogP contribution >= 0.6 is 12.0 Å². The van der Waals surface area contributed by atoms with Crippen molar-refractivity contribution in [3.05, 3.63) is 36.4 Å². The van der Waals surface area contributed by atoms with Gasteiger partial charge in [-0.3, -0.25) is 0 Å². The smallest absolute Gasteiger partial charge is 0.120 e. The number of benzene rings is 2. The monoisotopic (exact) mass is 322 g/mol. The van der Waals surface area contributed by atoms with Gasteiger partial charge in [0.05, 0.1) is 29.7 Å². The second-order valence-corrected chi connectivity index (χ2v) is 4.82. The normalized spacial score (nSPS) is 11.0. The van der Waals surface area contributed by atoms with Crippen LogP contribution in [-0.4, -0.2) is 12.4 Å². The fraction of sp³-hybridized carbons (Fsp3) is 0.0769. The lowest BCUT2D eigenvalue weighted by atomic mass is 10.2. The first-order valence-electron chi connectivity index (χ1n) is 6.03. The molecule has 0 aromatic heterocycles. The Balaban J connectivity index is 2.28. The molecule has 0 aliphatic rings. The summed E-state index contributed by atoms with van der Waals surface area (Å²) in [7, 11) is 1.53. The summed E-state index contributed by atoms with van der Waals surface area (Å²) in [6.07, 6.45) is 0. The molecule has 2 aromatic carbocycles. The molecule has 0 aliphatic carbocycles. The molecule has 2 rings (SSSR count). The second-order valence-electron chi connectivity index (χ2n) is 4.08. The first kappa shape index (κ1) is 16.0. The maximum Gasteiger partial charge on any atom is 0.120 e. The summed E-state index contributed by atoms with van der Waals surface area (Å²) in [6, 6.07) is 9.99. The Hall–Kier alpha value is -2.33. The average Bonchev–Trinajstić information content (AvgIpc) is 2.52. The summed E-state index contributed by atoms with van der Waals surface area (Å²) in [6.45, 7) is 0. The van der Waals surface area contributed by atoms with Crippen molar-refractivity contribution in [3.8, 4) is 5.75 Å². The SMILES string of the molecule is COc1ccc(N=Nc2ccc(N)cc2N)c(SOOO)c1. The summed E-state index contributed by atoms with van der Waals surface area (Å²) in [5.74, 6) is 0.593. The maximum atomic E-state index is 8.26. The van der Waals surface area contributed by atoms with Crippen LogP contribution in [0.15, 0.2) is 51.5 Å². The molecule has 8 nitrogen and oxygen atoms in total. The van der Waals surface area contributed by atoms with Gasteiger partial charge in [0.25, 0.3) is 0 Å². The van der Waals surface area contributed by atoms with Crippen LogP contribution in [0.2, 0.25) is 0 Å². The Morgan fingerprint density at radius 3 is 2.45 bits per heavy atom. The highest BCUT2D eigenvalue weighted by Gasteiger charge is 2.07. The number of nitrogens with zero attached hydrogens (tertiary/aromatic N) is 2. The standard InChI is InChI=1S/C13H14N4O4S/c1-19-9-3-5-12(13(7-9)22-21-20-18)17-16-11-4-2-8(14)6-10(11)15/h2-7,18H,14-15H2,1H3. The molecule has 0 aliphatic heterocycles. The molecule has 9 heteroatoms. The van der Waals surface area contributed by atoms with E-state index in [1.54, 1.807) is 36.4 Å². The van der Waals surface area contributed by atoms with Gasteiger partial charge >= 0.3 is 0 Å². The highest BCUT2D eigenvalue weighted by molar-refractivity contribution is 7.94. The van der Waals surface area contributed by atoms with Crippen LogP contribution in [-0.2, 0) is 9.37 Å². The molecular formula is C13H14N4O4S. The van der Waals surface area contributed by atoms with Crippen LogP contribution in [0.5, 0.6) is 5.75 Å². The minimum atomic E-state index is 0.418. The molecule has 5 N–H and O–H groups in total. The summed E-state index contributed by atoms with van der Waals surface area (Å²) in [5, 5.41) is 20.0. The lowest BCUT2D eigenvalue weighted by Gasteiger charge is -2.05. The Morgan fingerprint density at radius 1 is 1.05 bits per heavy atom. The van der Waals surface area contributed by atoms with Gasteiger partial charge in [-0.2, -0.15) is 0 Å². The number of hydrogen-bond acceptors (Lipinski definition) is 9. The van der Waals surface area contributed by atoms with E-state index >= 15 is 0 Å². The topological polar surface area (TPSA) is 125 Å². The average molecular weight is 322 g/mol. The van der Waals surface area contributed by atoms with Crippen molar-refractivity contribution < 1.29 is 19.4 Å². The number of anilines is 2. The number of rotatable bonds is 6. The zero-order valence-electron chi connectivity index (χ0n) is 11.6. The van der Waals surface area contributed by atoms with E-state index < -0.39 is 0 Å². The van der Waals surface area contributed by atoms with E-state index in [2.05, 4.69) is 19.6 Å². The largest absolute Gasteiger partial charge is 0.497 e. The summed E-state index contributed by atoms with van der Waals surface area (Å²) < 4.78 is 9.53. The van der Waals surface area contributed by atoms with Gasteiger partial charge in [-0.1, -0.05) is 5.04 Å². The van der Waals surface area contributed by atoms with Crippen molar-refractivity contribution in [3.63, 3.8) is 0 Å². The molecule has 0 radical (unpaired) electrons. The number of methoxy groups -OCH3 is 1. The number of azo groups is 1. The van der Waals surface area contributed by atoms with Gasteiger partial charge in [0, 0.05) is 5.69 Å². The third-order valence-corrected chi connectivity index (χ3v) is 3.27. The fourth-order valence-corrected chi connectivity index (χ4v) is 2.06.